The van der Waals surface area contributed by atoms with Crippen LogP contribution in [0.4, 0.5) is 5.69 Å². The Bertz CT molecular complexity index is 1080. The fraction of sp³-hybridized carbons (Fsp3) is 0.667. The summed E-state index contributed by atoms with van der Waals surface area (Å²) in [7, 11) is 0. The summed E-state index contributed by atoms with van der Waals surface area (Å²) in [6.45, 7) is 4.79. The zero-order valence-electron chi connectivity index (χ0n) is 19.4. The standard InChI is InChI=1S/C24H33N5O4/c1-3-29-22-20(14(2)27-29)21(26-16-6-4-15(5-7-16)23(31)32)18(13-25-22)19-12-24(33-28-19)10-8-17(30)9-11-24/h13,15-17,30H,3-12H2,1-2H3,(H,25,26)(H,31,32). The lowest BCUT2D eigenvalue weighted by Gasteiger charge is -2.33. The molecule has 1 aliphatic heterocycles. The minimum atomic E-state index is -0.694. The van der Waals surface area contributed by atoms with Crippen LogP contribution in [-0.4, -0.2) is 54.4 Å². The van der Waals surface area contributed by atoms with E-state index >= 15 is 0 Å². The van der Waals surface area contributed by atoms with Crippen molar-refractivity contribution >= 4 is 28.4 Å². The van der Waals surface area contributed by atoms with Crippen molar-refractivity contribution in [1.29, 1.82) is 0 Å². The molecular formula is C24H33N5O4. The number of aryl methyl sites for hydroxylation is 2. The van der Waals surface area contributed by atoms with Crippen LogP contribution >= 0.6 is 0 Å². The molecule has 9 heteroatoms. The highest BCUT2D eigenvalue weighted by Crippen LogP contribution is 2.42. The molecule has 0 amide bonds. The van der Waals surface area contributed by atoms with Crippen molar-refractivity contribution in [2.24, 2.45) is 11.1 Å². The molecule has 0 bridgehead atoms. The molecule has 0 unspecified atom stereocenters. The van der Waals surface area contributed by atoms with Gasteiger partial charge in [-0.2, -0.15) is 5.10 Å². The minimum absolute atomic E-state index is 0.191. The average Bonchev–Trinajstić information content (AvgIpc) is 3.38. The smallest absolute Gasteiger partial charge is 0.306 e. The Morgan fingerprint density at radius 1 is 1.24 bits per heavy atom. The van der Waals surface area contributed by atoms with Gasteiger partial charge in [0, 0.05) is 30.8 Å². The number of pyridine rings is 1. The number of rotatable bonds is 5. The van der Waals surface area contributed by atoms with Crippen molar-refractivity contribution in [2.75, 3.05) is 5.32 Å². The van der Waals surface area contributed by atoms with Crippen molar-refractivity contribution in [3.63, 3.8) is 0 Å². The largest absolute Gasteiger partial charge is 0.481 e. The number of aliphatic hydroxyl groups is 1. The maximum Gasteiger partial charge on any atom is 0.306 e. The van der Waals surface area contributed by atoms with E-state index in [0.29, 0.717) is 19.3 Å². The van der Waals surface area contributed by atoms with Gasteiger partial charge in [-0.15, -0.1) is 0 Å². The third-order valence-electron chi connectivity index (χ3n) is 7.68. The number of aliphatic carboxylic acids is 1. The molecule has 3 heterocycles. The number of nitrogens with zero attached hydrogens (tertiary/aromatic N) is 4. The number of anilines is 1. The summed E-state index contributed by atoms with van der Waals surface area (Å²) in [5.41, 5.74) is 4.22. The van der Waals surface area contributed by atoms with Gasteiger partial charge in [0.05, 0.1) is 34.5 Å². The second-order valence-corrected chi connectivity index (χ2v) is 9.90. The molecule has 2 aromatic heterocycles. The summed E-state index contributed by atoms with van der Waals surface area (Å²) >= 11 is 0. The van der Waals surface area contributed by atoms with Crippen LogP contribution in [0.3, 0.4) is 0 Å². The van der Waals surface area contributed by atoms with Gasteiger partial charge in [0.25, 0.3) is 0 Å². The lowest BCUT2D eigenvalue weighted by Crippen LogP contribution is -2.36. The first-order valence-corrected chi connectivity index (χ1v) is 12.2. The van der Waals surface area contributed by atoms with Crippen LogP contribution in [0.5, 0.6) is 0 Å². The Labute approximate surface area is 193 Å². The van der Waals surface area contributed by atoms with Crippen molar-refractivity contribution in [3.8, 4) is 0 Å². The highest BCUT2D eigenvalue weighted by atomic mass is 16.7. The summed E-state index contributed by atoms with van der Waals surface area (Å²) < 4.78 is 1.91. The van der Waals surface area contributed by atoms with Gasteiger partial charge in [0.2, 0.25) is 0 Å². The second-order valence-electron chi connectivity index (χ2n) is 9.90. The summed E-state index contributed by atoms with van der Waals surface area (Å²) in [5, 5.41) is 33.2. The van der Waals surface area contributed by atoms with Crippen LogP contribution in [0.1, 0.15) is 76.0 Å². The summed E-state index contributed by atoms with van der Waals surface area (Å²) in [6.07, 6.45) is 8.38. The summed E-state index contributed by atoms with van der Waals surface area (Å²) in [5.74, 6) is -0.945. The number of oxime groups is 1. The van der Waals surface area contributed by atoms with Crippen LogP contribution in [0, 0.1) is 12.8 Å². The molecule has 3 N–H and O–H groups in total. The quantitative estimate of drug-likeness (QED) is 0.629. The zero-order valence-corrected chi connectivity index (χ0v) is 19.4. The molecule has 2 saturated carbocycles. The van der Waals surface area contributed by atoms with E-state index in [2.05, 4.69) is 17.4 Å². The first-order valence-electron chi connectivity index (χ1n) is 12.2. The van der Waals surface area contributed by atoms with E-state index in [1.807, 2.05) is 17.8 Å². The van der Waals surface area contributed by atoms with Crippen molar-refractivity contribution in [3.05, 3.63) is 17.5 Å². The molecule has 3 aliphatic rings. The fourth-order valence-electron chi connectivity index (χ4n) is 5.66. The van der Waals surface area contributed by atoms with E-state index in [4.69, 9.17) is 14.9 Å². The molecule has 0 radical (unpaired) electrons. The number of carboxylic acid groups (broad SMARTS) is 1. The molecule has 178 valence electrons. The zero-order chi connectivity index (χ0) is 23.2. The van der Waals surface area contributed by atoms with Crippen molar-refractivity contribution < 1.29 is 19.8 Å². The van der Waals surface area contributed by atoms with E-state index in [0.717, 1.165) is 78.8 Å². The molecule has 2 aliphatic carbocycles. The van der Waals surface area contributed by atoms with Crippen LogP contribution < -0.4 is 5.32 Å². The van der Waals surface area contributed by atoms with Gasteiger partial charge in [-0.25, -0.2) is 9.67 Å². The number of carbonyl (C=O) groups is 1. The monoisotopic (exact) mass is 455 g/mol. The summed E-state index contributed by atoms with van der Waals surface area (Å²) in [4.78, 5) is 22.1. The Balaban J connectivity index is 1.47. The third-order valence-corrected chi connectivity index (χ3v) is 7.68. The Kier molecular flexibility index (Phi) is 5.76. The number of aliphatic hydroxyl groups excluding tert-OH is 1. The second kappa shape index (κ2) is 8.59. The predicted octanol–water partition coefficient (Wildman–Crippen LogP) is 3.61. The number of hydrogen-bond acceptors (Lipinski definition) is 7. The van der Waals surface area contributed by atoms with Crippen molar-refractivity contribution in [1.82, 2.24) is 14.8 Å². The third kappa shape index (κ3) is 4.07. The lowest BCUT2D eigenvalue weighted by molar-refractivity contribution is -0.142. The van der Waals surface area contributed by atoms with Gasteiger partial charge in [0.1, 0.15) is 5.60 Å². The maximum atomic E-state index is 11.4. The Morgan fingerprint density at radius 2 is 1.97 bits per heavy atom. The molecular weight excluding hydrogens is 422 g/mol. The number of nitrogens with one attached hydrogen (secondary N) is 1. The van der Waals surface area contributed by atoms with Gasteiger partial charge in [-0.3, -0.25) is 4.79 Å². The topological polar surface area (TPSA) is 122 Å². The highest BCUT2D eigenvalue weighted by Gasteiger charge is 2.43. The molecule has 33 heavy (non-hydrogen) atoms. The van der Waals surface area contributed by atoms with Gasteiger partial charge in [-0.05, 0) is 65.2 Å². The number of hydrogen-bond donors (Lipinski definition) is 3. The lowest BCUT2D eigenvalue weighted by atomic mass is 9.79. The summed E-state index contributed by atoms with van der Waals surface area (Å²) in [6, 6.07) is 0.191. The fourth-order valence-corrected chi connectivity index (χ4v) is 5.66. The van der Waals surface area contributed by atoms with Crippen molar-refractivity contribution in [2.45, 2.75) is 95.9 Å². The number of carboxylic acids is 1. The predicted molar refractivity (Wildman–Crippen MR) is 124 cm³/mol. The number of fused-ring (bicyclic) bond motifs is 1. The highest BCUT2D eigenvalue weighted by molar-refractivity contribution is 6.11. The Morgan fingerprint density at radius 3 is 2.64 bits per heavy atom. The Hall–Kier alpha value is -2.68. The SMILES string of the molecule is CCn1nc(C)c2c(NC3CCC(C(=O)O)CC3)c(C3=NOC4(CCC(O)CC4)C3)cnc21. The minimum Gasteiger partial charge on any atom is -0.481 e. The van der Waals surface area contributed by atoms with Crippen LogP contribution in [0.2, 0.25) is 0 Å². The first kappa shape index (κ1) is 22.1. The molecule has 2 fully saturated rings. The molecule has 0 aromatic carbocycles. The van der Waals surface area contributed by atoms with Gasteiger partial charge in [-0.1, -0.05) is 5.16 Å². The molecule has 5 rings (SSSR count). The van der Waals surface area contributed by atoms with Gasteiger partial charge >= 0.3 is 5.97 Å². The van der Waals surface area contributed by atoms with E-state index in [1.54, 1.807) is 0 Å². The van der Waals surface area contributed by atoms with Gasteiger partial charge < -0.3 is 20.4 Å². The van der Waals surface area contributed by atoms with E-state index < -0.39 is 5.97 Å². The first-order chi connectivity index (χ1) is 15.9. The van der Waals surface area contributed by atoms with Crippen LogP contribution in [0.25, 0.3) is 11.0 Å². The molecule has 0 saturated heterocycles. The van der Waals surface area contributed by atoms with E-state index in [9.17, 15) is 15.0 Å². The van der Waals surface area contributed by atoms with Crippen LogP contribution in [-0.2, 0) is 16.2 Å². The normalized spacial score (nSPS) is 29.8. The molecule has 2 aromatic rings. The maximum absolute atomic E-state index is 11.4. The molecule has 0 atom stereocenters. The van der Waals surface area contributed by atoms with Crippen LogP contribution in [0.15, 0.2) is 11.4 Å². The molecule has 1 spiro atoms. The van der Waals surface area contributed by atoms with E-state index in [-0.39, 0.29) is 23.7 Å². The average molecular weight is 456 g/mol. The number of aromatic nitrogens is 3. The van der Waals surface area contributed by atoms with Gasteiger partial charge in [0.15, 0.2) is 5.65 Å². The molecule has 9 nitrogen and oxygen atoms in total. The van der Waals surface area contributed by atoms with E-state index in [1.165, 1.54) is 0 Å².